The number of nitrogens with zero attached hydrogens (tertiary/aromatic N) is 1. The fraction of sp³-hybridized carbons (Fsp3) is 0.286. The monoisotopic (exact) mass is 267 g/mol. The molecule has 1 aromatic carbocycles. The Kier molecular flexibility index (Phi) is 7.04. The molecule has 0 bridgehead atoms. The maximum absolute atomic E-state index is 10.4. The Morgan fingerprint density at radius 1 is 1.28 bits per heavy atom. The van der Waals surface area contributed by atoms with Crippen LogP contribution in [-0.4, -0.2) is 5.97 Å². The summed E-state index contributed by atoms with van der Waals surface area (Å²) in [7, 11) is 0. The zero-order valence-electron chi connectivity index (χ0n) is 11.2. The second-order valence-corrected chi connectivity index (χ2v) is 4.82. The van der Waals surface area contributed by atoms with Gasteiger partial charge >= 0.3 is 51.4 Å². The maximum Gasteiger partial charge on any atom is 1.00 e. The molecule has 0 aliphatic carbocycles. The van der Waals surface area contributed by atoms with Crippen molar-refractivity contribution < 1.29 is 61.3 Å². The number of carboxylic acids is 1. The second-order valence-electron chi connectivity index (χ2n) is 4.82. The number of nitriles is 1. The van der Waals surface area contributed by atoms with Gasteiger partial charge in [0, 0.05) is 0 Å². The summed E-state index contributed by atoms with van der Waals surface area (Å²) in [6.07, 6.45) is 0.812. The average molecular weight is 267 g/mol. The summed E-state index contributed by atoms with van der Waals surface area (Å²) in [5, 5.41) is 19.3. The number of carboxylic acid groups (broad SMARTS) is 1. The van der Waals surface area contributed by atoms with Crippen molar-refractivity contribution in [3.05, 3.63) is 41.5 Å². The van der Waals surface area contributed by atoms with Crippen molar-refractivity contribution in [2.45, 2.75) is 26.2 Å². The molecule has 0 fully saturated rings. The molecule has 0 spiro atoms. The van der Waals surface area contributed by atoms with E-state index in [1.54, 1.807) is 12.1 Å². The number of carbonyl (C=O) groups excluding carboxylic acids is 1. The van der Waals surface area contributed by atoms with Crippen molar-refractivity contribution in [3.8, 4) is 6.07 Å². The van der Waals surface area contributed by atoms with E-state index in [9.17, 15) is 9.90 Å². The van der Waals surface area contributed by atoms with Crippen LogP contribution in [-0.2, 0) is 10.2 Å². The van der Waals surface area contributed by atoms with Gasteiger partial charge in [-0.15, -0.1) is 0 Å². The molecule has 0 heterocycles. The van der Waals surface area contributed by atoms with Crippen LogP contribution < -0.4 is 56.5 Å². The topological polar surface area (TPSA) is 63.9 Å². The van der Waals surface area contributed by atoms with Gasteiger partial charge in [-0.3, -0.25) is 0 Å². The summed E-state index contributed by atoms with van der Waals surface area (Å²) in [5.41, 5.74) is 1.85. The number of hydrogen-bond donors (Lipinski definition) is 0. The first-order valence-corrected chi connectivity index (χ1v) is 5.28. The summed E-state index contributed by atoms with van der Waals surface area (Å²) >= 11 is 0. The molecule has 0 radical (unpaired) electrons. The summed E-state index contributed by atoms with van der Waals surface area (Å²) in [6.45, 7) is 6.26. The minimum absolute atomic E-state index is 0. The van der Waals surface area contributed by atoms with E-state index in [1.807, 2.05) is 18.2 Å². The van der Waals surface area contributed by atoms with Gasteiger partial charge in [0.25, 0.3) is 0 Å². The van der Waals surface area contributed by atoms with Crippen LogP contribution in [0.4, 0.5) is 0 Å². The van der Waals surface area contributed by atoms with Crippen molar-refractivity contribution in [2.75, 3.05) is 0 Å². The summed E-state index contributed by atoms with van der Waals surface area (Å²) < 4.78 is 0. The number of aliphatic carboxylic acids is 1. The number of hydrogen-bond acceptors (Lipinski definition) is 3. The largest absolute Gasteiger partial charge is 1.00 e. The fourth-order valence-electron chi connectivity index (χ4n) is 1.45. The third-order valence-corrected chi connectivity index (χ3v) is 2.44. The smallest absolute Gasteiger partial charge is 0.545 e. The van der Waals surface area contributed by atoms with Crippen LogP contribution in [0.15, 0.2) is 30.3 Å². The number of benzene rings is 1. The van der Waals surface area contributed by atoms with E-state index in [2.05, 4.69) is 20.8 Å². The average Bonchev–Trinajstić information content (AvgIpc) is 2.24. The van der Waals surface area contributed by atoms with E-state index >= 15 is 0 Å². The maximum atomic E-state index is 10.4. The molecule has 0 saturated carbocycles. The first-order valence-electron chi connectivity index (χ1n) is 5.28. The van der Waals surface area contributed by atoms with Crippen LogP contribution in [0.5, 0.6) is 0 Å². The van der Waals surface area contributed by atoms with E-state index in [-0.39, 0.29) is 62.4 Å². The van der Waals surface area contributed by atoms with Crippen LogP contribution in [0.1, 0.15) is 31.9 Å². The molecular formula is C14H14KNO2. The Morgan fingerprint density at radius 3 is 2.11 bits per heavy atom. The number of carbonyl (C=O) groups is 1. The number of rotatable bonds is 2. The molecule has 4 heteroatoms. The van der Waals surface area contributed by atoms with Crippen molar-refractivity contribution in [1.82, 2.24) is 0 Å². The quantitative estimate of drug-likeness (QED) is 0.378. The molecule has 0 N–H and O–H groups in total. The van der Waals surface area contributed by atoms with Crippen molar-refractivity contribution in [3.63, 3.8) is 0 Å². The minimum Gasteiger partial charge on any atom is -0.545 e. The van der Waals surface area contributed by atoms with E-state index in [0.29, 0.717) is 5.56 Å². The molecule has 0 amide bonds. The fourth-order valence-corrected chi connectivity index (χ4v) is 1.45. The molecule has 88 valence electrons. The molecule has 0 aromatic heterocycles. The molecule has 1 aromatic rings. The van der Waals surface area contributed by atoms with Crippen LogP contribution >= 0.6 is 0 Å². The van der Waals surface area contributed by atoms with Crippen LogP contribution in [0, 0.1) is 11.3 Å². The van der Waals surface area contributed by atoms with E-state index < -0.39 is 5.97 Å². The Morgan fingerprint density at radius 2 is 1.78 bits per heavy atom. The van der Waals surface area contributed by atoms with Crippen molar-refractivity contribution in [1.29, 1.82) is 5.26 Å². The molecule has 18 heavy (non-hydrogen) atoms. The first kappa shape index (κ1) is 17.6. The Balaban J connectivity index is 0.00000289. The van der Waals surface area contributed by atoms with Crippen LogP contribution in [0.3, 0.4) is 0 Å². The third kappa shape index (κ3) is 5.05. The molecule has 0 aliphatic rings. The summed E-state index contributed by atoms with van der Waals surface area (Å²) in [6, 6.07) is 9.14. The summed E-state index contributed by atoms with van der Waals surface area (Å²) in [4.78, 5) is 10.4. The van der Waals surface area contributed by atoms with Gasteiger partial charge in [-0.1, -0.05) is 45.0 Å². The van der Waals surface area contributed by atoms with Gasteiger partial charge in [0.15, 0.2) is 0 Å². The predicted molar refractivity (Wildman–Crippen MR) is 63.7 cm³/mol. The standard InChI is InChI=1S/C14H15NO2.K/c1-14(2,3)12-6-4-10(5-7-12)11(9-15)8-13(16)17;/h4-8H,1-3H3,(H,16,17);/q;+1/p-1/b11-8+;. The van der Waals surface area contributed by atoms with Gasteiger partial charge in [-0.2, -0.15) is 5.26 Å². The van der Waals surface area contributed by atoms with Gasteiger partial charge in [0.1, 0.15) is 0 Å². The molecule has 0 atom stereocenters. The van der Waals surface area contributed by atoms with Crippen molar-refractivity contribution in [2.24, 2.45) is 0 Å². The Bertz CT molecular complexity index is 490. The van der Waals surface area contributed by atoms with Crippen molar-refractivity contribution >= 4 is 11.5 Å². The zero-order valence-corrected chi connectivity index (χ0v) is 14.3. The Labute approximate surface area is 150 Å². The minimum atomic E-state index is -1.36. The Hall–Kier alpha value is -0.444. The van der Waals surface area contributed by atoms with Gasteiger partial charge < -0.3 is 9.90 Å². The van der Waals surface area contributed by atoms with Gasteiger partial charge in [0.2, 0.25) is 0 Å². The first-order chi connectivity index (χ1) is 7.84. The van der Waals surface area contributed by atoms with E-state index in [1.165, 1.54) is 0 Å². The molecule has 0 saturated heterocycles. The second kappa shape index (κ2) is 7.22. The molecule has 3 nitrogen and oxygen atoms in total. The third-order valence-electron chi connectivity index (χ3n) is 2.44. The molecular weight excluding hydrogens is 253 g/mol. The summed E-state index contributed by atoms with van der Waals surface area (Å²) in [5.74, 6) is -1.36. The normalized spacial score (nSPS) is 11.3. The van der Waals surface area contributed by atoms with E-state index in [4.69, 9.17) is 5.26 Å². The van der Waals surface area contributed by atoms with Crippen LogP contribution in [0.25, 0.3) is 5.57 Å². The zero-order chi connectivity index (χ0) is 13.1. The molecule has 0 aliphatic heterocycles. The molecule has 0 unspecified atom stereocenters. The number of allylic oxidation sites excluding steroid dienone is 1. The van der Waals surface area contributed by atoms with Crippen LogP contribution in [0.2, 0.25) is 0 Å². The van der Waals surface area contributed by atoms with E-state index in [0.717, 1.165) is 11.6 Å². The predicted octanol–water partition coefficient (Wildman–Crippen LogP) is -1.36. The van der Waals surface area contributed by atoms with Gasteiger partial charge in [-0.05, 0) is 22.6 Å². The molecule has 1 rings (SSSR count). The SMILES string of the molecule is CC(C)(C)c1ccc(/C(C#N)=C/C(=O)[O-])cc1.[K+]. The van der Waals surface area contributed by atoms with Gasteiger partial charge in [0.05, 0.1) is 17.6 Å². The van der Waals surface area contributed by atoms with Gasteiger partial charge in [-0.25, -0.2) is 0 Å².